The first-order chi connectivity index (χ1) is 12.7. The molecule has 2 atom stereocenters. The van der Waals surface area contributed by atoms with Crippen LogP contribution in [0.5, 0.6) is 5.88 Å². The summed E-state index contributed by atoms with van der Waals surface area (Å²) in [5.74, 6) is 1.75. The van der Waals surface area contributed by atoms with Gasteiger partial charge in [0.1, 0.15) is 18.2 Å². The number of halogens is 1. The molecule has 0 aliphatic carbocycles. The minimum atomic E-state index is 0.0891. The highest BCUT2D eigenvalue weighted by atomic mass is 35.5. The maximum absolute atomic E-state index is 8.92. The second-order valence-electron chi connectivity index (χ2n) is 6.47. The number of hydrogen-bond donors (Lipinski definition) is 2. The largest absolute Gasteiger partial charge is 0.473 e. The normalized spacial score (nSPS) is 24.5. The molecule has 2 unspecified atom stereocenters. The highest BCUT2D eigenvalue weighted by Crippen LogP contribution is 2.29. The number of piperidine rings is 1. The van der Waals surface area contributed by atoms with E-state index in [2.05, 4.69) is 26.7 Å². The van der Waals surface area contributed by atoms with Crippen LogP contribution < -0.4 is 15.4 Å². The Bertz CT molecular complexity index is 819. The van der Waals surface area contributed by atoms with Crippen LogP contribution in [0, 0.1) is 23.2 Å². The Balaban J connectivity index is 1.49. The molecule has 8 heteroatoms. The van der Waals surface area contributed by atoms with Gasteiger partial charge in [-0.2, -0.15) is 5.26 Å². The van der Waals surface area contributed by atoms with Gasteiger partial charge in [-0.25, -0.2) is 9.97 Å². The van der Waals surface area contributed by atoms with Gasteiger partial charge in [-0.1, -0.05) is 11.6 Å². The molecule has 0 spiro atoms. The van der Waals surface area contributed by atoms with Crippen LogP contribution in [0.2, 0.25) is 5.02 Å². The minimum absolute atomic E-state index is 0.0891. The van der Waals surface area contributed by atoms with E-state index < -0.39 is 0 Å². The van der Waals surface area contributed by atoms with Gasteiger partial charge in [0, 0.05) is 31.0 Å². The Morgan fingerprint density at radius 3 is 2.77 bits per heavy atom. The molecule has 2 fully saturated rings. The molecule has 0 saturated carbocycles. The molecular weight excluding hydrogens is 354 g/mol. The molecule has 2 N–H and O–H groups in total. The zero-order valence-corrected chi connectivity index (χ0v) is 14.7. The van der Waals surface area contributed by atoms with E-state index in [4.69, 9.17) is 26.3 Å². The first kappa shape index (κ1) is 17.0. The average molecular weight is 372 g/mol. The third kappa shape index (κ3) is 3.58. The molecule has 26 heavy (non-hydrogen) atoms. The lowest BCUT2D eigenvalue weighted by atomic mass is 9.86. The second kappa shape index (κ2) is 7.46. The number of ether oxygens (including phenoxy) is 2. The molecule has 134 valence electrons. The summed E-state index contributed by atoms with van der Waals surface area (Å²) < 4.78 is 11.8. The number of fused-ring (bicyclic) bond motifs is 2. The van der Waals surface area contributed by atoms with E-state index in [1.165, 1.54) is 6.33 Å². The van der Waals surface area contributed by atoms with Gasteiger partial charge in [-0.05, 0) is 18.2 Å². The van der Waals surface area contributed by atoms with E-state index in [0.717, 1.165) is 13.1 Å². The van der Waals surface area contributed by atoms with Crippen molar-refractivity contribution in [1.82, 2.24) is 15.3 Å². The van der Waals surface area contributed by atoms with Crippen LogP contribution in [0.3, 0.4) is 0 Å². The lowest BCUT2D eigenvalue weighted by Gasteiger charge is -2.41. The van der Waals surface area contributed by atoms with E-state index in [0.29, 0.717) is 53.0 Å². The third-order valence-electron chi connectivity index (χ3n) is 4.67. The molecule has 0 amide bonds. The van der Waals surface area contributed by atoms with Gasteiger partial charge >= 0.3 is 0 Å². The van der Waals surface area contributed by atoms with Crippen LogP contribution >= 0.6 is 11.6 Å². The number of aromatic nitrogens is 2. The quantitative estimate of drug-likeness (QED) is 0.852. The van der Waals surface area contributed by atoms with Gasteiger partial charge in [-0.3, -0.25) is 0 Å². The highest BCUT2D eigenvalue weighted by molar-refractivity contribution is 6.33. The minimum Gasteiger partial charge on any atom is -0.473 e. The third-order valence-corrected chi connectivity index (χ3v) is 4.98. The van der Waals surface area contributed by atoms with Crippen molar-refractivity contribution < 1.29 is 9.47 Å². The van der Waals surface area contributed by atoms with Crippen molar-refractivity contribution in [3.05, 3.63) is 41.2 Å². The average Bonchev–Trinajstić information content (AvgIpc) is 2.63. The van der Waals surface area contributed by atoms with Gasteiger partial charge in [0.25, 0.3) is 0 Å². The van der Waals surface area contributed by atoms with Crippen LogP contribution in [-0.2, 0) is 4.74 Å². The lowest BCUT2D eigenvalue weighted by Crippen LogP contribution is -2.56. The maximum Gasteiger partial charge on any atom is 0.218 e. The fraction of sp³-hybridized carbons (Fsp3) is 0.389. The number of anilines is 2. The number of benzene rings is 1. The van der Waals surface area contributed by atoms with Crippen molar-refractivity contribution in [2.24, 2.45) is 11.8 Å². The van der Waals surface area contributed by atoms with E-state index in [9.17, 15) is 0 Å². The molecule has 2 aliphatic heterocycles. The van der Waals surface area contributed by atoms with E-state index >= 15 is 0 Å². The van der Waals surface area contributed by atoms with Gasteiger partial charge < -0.3 is 20.1 Å². The zero-order chi connectivity index (χ0) is 17.9. The zero-order valence-electron chi connectivity index (χ0n) is 14.0. The van der Waals surface area contributed by atoms with Crippen molar-refractivity contribution in [3.8, 4) is 11.9 Å². The van der Waals surface area contributed by atoms with Crippen LogP contribution in [0.1, 0.15) is 5.56 Å². The first-order valence-corrected chi connectivity index (χ1v) is 8.84. The molecule has 1 aromatic heterocycles. The molecule has 0 radical (unpaired) electrons. The highest BCUT2D eigenvalue weighted by Gasteiger charge is 2.39. The van der Waals surface area contributed by atoms with E-state index in [1.807, 2.05) is 0 Å². The molecule has 2 aliphatic rings. The fourth-order valence-corrected chi connectivity index (χ4v) is 3.61. The Morgan fingerprint density at radius 1 is 1.23 bits per heavy atom. The second-order valence-corrected chi connectivity index (χ2v) is 6.88. The van der Waals surface area contributed by atoms with Crippen molar-refractivity contribution >= 4 is 23.1 Å². The van der Waals surface area contributed by atoms with Gasteiger partial charge in [0.2, 0.25) is 5.88 Å². The van der Waals surface area contributed by atoms with Gasteiger partial charge in [0.05, 0.1) is 35.6 Å². The van der Waals surface area contributed by atoms with Crippen LogP contribution in [0.4, 0.5) is 11.5 Å². The summed E-state index contributed by atoms with van der Waals surface area (Å²) in [4.78, 5) is 8.46. The molecular formula is C18H18ClN5O2. The van der Waals surface area contributed by atoms with Crippen molar-refractivity contribution in [2.45, 2.75) is 6.10 Å². The summed E-state index contributed by atoms with van der Waals surface area (Å²) in [6, 6.07) is 8.87. The summed E-state index contributed by atoms with van der Waals surface area (Å²) in [5, 5.41) is 15.9. The van der Waals surface area contributed by atoms with Crippen LogP contribution in [0.25, 0.3) is 0 Å². The summed E-state index contributed by atoms with van der Waals surface area (Å²) in [7, 11) is 0. The first-order valence-electron chi connectivity index (χ1n) is 8.47. The number of nitriles is 1. The number of rotatable bonds is 4. The molecule has 2 bridgehead atoms. The van der Waals surface area contributed by atoms with Crippen LogP contribution in [-0.4, -0.2) is 42.4 Å². The summed E-state index contributed by atoms with van der Waals surface area (Å²) in [6.45, 7) is 3.17. The monoisotopic (exact) mass is 371 g/mol. The predicted octanol–water partition coefficient (Wildman–Crippen LogP) is 2.36. The number of nitrogens with one attached hydrogen (secondary N) is 2. The Hall–Kier alpha value is -2.40. The molecule has 2 saturated heterocycles. The van der Waals surface area contributed by atoms with Crippen molar-refractivity contribution in [3.63, 3.8) is 0 Å². The summed E-state index contributed by atoms with van der Waals surface area (Å²) in [6.07, 6.45) is 1.55. The van der Waals surface area contributed by atoms with Gasteiger partial charge in [-0.15, -0.1) is 0 Å². The molecule has 3 heterocycles. The summed E-state index contributed by atoms with van der Waals surface area (Å²) >= 11 is 6.21. The maximum atomic E-state index is 8.92. The molecule has 2 aromatic rings. The van der Waals surface area contributed by atoms with Crippen molar-refractivity contribution in [1.29, 1.82) is 5.26 Å². The van der Waals surface area contributed by atoms with E-state index in [1.54, 1.807) is 24.3 Å². The molecule has 4 rings (SSSR count). The number of nitrogens with zero attached hydrogens (tertiary/aromatic N) is 3. The fourth-order valence-electron chi connectivity index (χ4n) is 3.38. The molecule has 7 nitrogen and oxygen atoms in total. The lowest BCUT2D eigenvalue weighted by molar-refractivity contribution is -0.0834. The number of hydrogen-bond acceptors (Lipinski definition) is 7. The van der Waals surface area contributed by atoms with E-state index in [-0.39, 0.29) is 6.10 Å². The van der Waals surface area contributed by atoms with Crippen LogP contribution in [0.15, 0.2) is 30.6 Å². The standard InChI is InChI=1S/C18H18ClN5O2/c19-14-3-11(5-20)1-2-15(14)24-16-4-17(23-10-22-16)26-18-12-6-21-7-13(18)9-25-8-12/h1-4,10,12-13,18,21H,6-9H2,(H,22,23,24). The Kier molecular flexibility index (Phi) is 4.89. The topological polar surface area (TPSA) is 92.1 Å². The smallest absolute Gasteiger partial charge is 0.218 e. The Morgan fingerprint density at radius 2 is 2.04 bits per heavy atom. The molecule has 1 aromatic carbocycles. The summed E-state index contributed by atoms with van der Waals surface area (Å²) in [5.41, 5.74) is 1.18. The van der Waals surface area contributed by atoms with Crippen molar-refractivity contribution in [2.75, 3.05) is 31.6 Å². The Labute approximate surface area is 156 Å². The predicted molar refractivity (Wildman–Crippen MR) is 96.6 cm³/mol. The SMILES string of the molecule is N#Cc1ccc(Nc2cc(OC3C4CNCC3COC4)ncn2)c(Cl)c1. The van der Waals surface area contributed by atoms with Gasteiger partial charge in [0.15, 0.2) is 0 Å².